The Morgan fingerprint density at radius 1 is 1.28 bits per heavy atom. The van der Waals surface area contributed by atoms with Crippen LogP contribution in [0.1, 0.15) is 45.4 Å². The van der Waals surface area contributed by atoms with Crippen molar-refractivity contribution in [2.75, 3.05) is 19.7 Å². The van der Waals surface area contributed by atoms with Gasteiger partial charge in [-0.05, 0) is 32.6 Å². The van der Waals surface area contributed by atoms with E-state index in [0.29, 0.717) is 13.1 Å². The van der Waals surface area contributed by atoms with Crippen LogP contribution in [0.15, 0.2) is 0 Å². The first-order valence-corrected chi connectivity index (χ1v) is 6.73. The molecule has 2 rings (SSSR count). The van der Waals surface area contributed by atoms with Crippen molar-refractivity contribution >= 4 is 18.3 Å². The minimum absolute atomic E-state index is 0. The molecule has 1 aliphatic carbocycles. The van der Waals surface area contributed by atoms with Crippen molar-refractivity contribution in [1.82, 2.24) is 5.32 Å². The van der Waals surface area contributed by atoms with Crippen molar-refractivity contribution in [3.63, 3.8) is 0 Å². The standard InChI is InChI=1S/C13H24N2O2.ClH/c1-12(5-4-8-17-12)10-15-11(16)13(9-14)6-2-3-7-13;/h2-10,14H2,1H3,(H,15,16);1H. The quantitative estimate of drug-likeness (QED) is 0.820. The van der Waals surface area contributed by atoms with Crippen LogP contribution < -0.4 is 11.1 Å². The number of hydrogen-bond donors (Lipinski definition) is 2. The van der Waals surface area contributed by atoms with Gasteiger partial charge in [-0.3, -0.25) is 4.79 Å². The molecule has 2 fully saturated rings. The third-order valence-electron chi connectivity index (χ3n) is 4.36. The number of ether oxygens (including phenoxy) is 1. The summed E-state index contributed by atoms with van der Waals surface area (Å²) in [4.78, 5) is 12.3. The van der Waals surface area contributed by atoms with E-state index in [1.54, 1.807) is 0 Å². The highest BCUT2D eigenvalue weighted by molar-refractivity contribution is 5.85. The highest BCUT2D eigenvalue weighted by Gasteiger charge is 2.40. The molecule has 1 heterocycles. The number of carbonyl (C=O) groups excluding carboxylic acids is 1. The molecule has 18 heavy (non-hydrogen) atoms. The lowest BCUT2D eigenvalue weighted by Crippen LogP contribution is -2.48. The molecule has 0 aromatic heterocycles. The van der Waals surface area contributed by atoms with E-state index < -0.39 is 0 Å². The fraction of sp³-hybridized carbons (Fsp3) is 0.923. The normalized spacial score (nSPS) is 29.9. The van der Waals surface area contributed by atoms with Crippen molar-refractivity contribution in [3.05, 3.63) is 0 Å². The smallest absolute Gasteiger partial charge is 0.227 e. The molecule has 5 heteroatoms. The van der Waals surface area contributed by atoms with Gasteiger partial charge in [0, 0.05) is 19.7 Å². The summed E-state index contributed by atoms with van der Waals surface area (Å²) in [5.41, 5.74) is 5.34. The van der Waals surface area contributed by atoms with Crippen LogP contribution in [0.5, 0.6) is 0 Å². The molecular weight excluding hydrogens is 252 g/mol. The molecule has 0 bridgehead atoms. The minimum atomic E-state index is -0.297. The molecule has 0 aromatic rings. The van der Waals surface area contributed by atoms with Gasteiger partial charge in [0.1, 0.15) is 0 Å². The van der Waals surface area contributed by atoms with E-state index in [1.807, 2.05) is 0 Å². The summed E-state index contributed by atoms with van der Waals surface area (Å²) in [5, 5.41) is 3.05. The lowest BCUT2D eigenvalue weighted by molar-refractivity contribution is -0.131. The summed E-state index contributed by atoms with van der Waals surface area (Å²) >= 11 is 0. The first kappa shape index (κ1) is 15.7. The highest BCUT2D eigenvalue weighted by atomic mass is 35.5. The van der Waals surface area contributed by atoms with Gasteiger partial charge in [-0.2, -0.15) is 0 Å². The second kappa shape index (κ2) is 6.22. The van der Waals surface area contributed by atoms with Crippen molar-refractivity contribution in [2.45, 2.75) is 51.0 Å². The predicted octanol–water partition coefficient (Wildman–Crippen LogP) is 1.61. The van der Waals surface area contributed by atoms with Gasteiger partial charge < -0.3 is 15.8 Å². The molecule has 1 saturated carbocycles. The Balaban J connectivity index is 0.00000162. The monoisotopic (exact) mass is 276 g/mol. The van der Waals surface area contributed by atoms with Crippen LogP contribution in [0.4, 0.5) is 0 Å². The molecule has 1 saturated heterocycles. The number of carbonyl (C=O) groups is 1. The second-order valence-electron chi connectivity index (χ2n) is 5.78. The molecular formula is C13H25ClN2O2. The number of hydrogen-bond acceptors (Lipinski definition) is 3. The van der Waals surface area contributed by atoms with Crippen LogP contribution in [0, 0.1) is 5.41 Å². The van der Waals surface area contributed by atoms with Gasteiger partial charge in [-0.15, -0.1) is 12.4 Å². The Labute approximate surface area is 115 Å². The van der Waals surface area contributed by atoms with Crippen LogP contribution in [-0.4, -0.2) is 31.2 Å². The van der Waals surface area contributed by atoms with E-state index in [-0.39, 0.29) is 29.3 Å². The fourth-order valence-corrected chi connectivity index (χ4v) is 3.01. The van der Waals surface area contributed by atoms with E-state index in [2.05, 4.69) is 12.2 Å². The van der Waals surface area contributed by atoms with Crippen molar-refractivity contribution in [2.24, 2.45) is 11.1 Å². The molecule has 2 aliphatic rings. The van der Waals surface area contributed by atoms with Crippen molar-refractivity contribution < 1.29 is 9.53 Å². The topological polar surface area (TPSA) is 64.4 Å². The third-order valence-corrected chi connectivity index (χ3v) is 4.36. The number of rotatable bonds is 4. The maximum absolute atomic E-state index is 12.3. The Morgan fingerprint density at radius 2 is 1.94 bits per heavy atom. The second-order valence-corrected chi connectivity index (χ2v) is 5.78. The van der Waals surface area contributed by atoms with Gasteiger partial charge in [0.2, 0.25) is 5.91 Å². The van der Waals surface area contributed by atoms with E-state index >= 15 is 0 Å². The molecule has 106 valence electrons. The minimum Gasteiger partial charge on any atom is -0.373 e. The molecule has 1 amide bonds. The van der Waals surface area contributed by atoms with Gasteiger partial charge in [0.15, 0.2) is 0 Å². The summed E-state index contributed by atoms with van der Waals surface area (Å²) in [5.74, 6) is 0.134. The summed E-state index contributed by atoms with van der Waals surface area (Å²) in [7, 11) is 0. The highest BCUT2D eigenvalue weighted by Crippen LogP contribution is 2.37. The van der Waals surface area contributed by atoms with E-state index in [4.69, 9.17) is 10.5 Å². The van der Waals surface area contributed by atoms with E-state index in [0.717, 1.165) is 45.1 Å². The maximum atomic E-state index is 12.3. The first-order valence-electron chi connectivity index (χ1n) is 6.73. The van der Waals surface area contributed by atoms with E-state index in [9.17, 15) is 4.79 Å². The zero-order chi connectivity index (χ0) is 12.4. The molecule has 4 nitrogen and oxygen atoms in total. The Bertz CT molecular complexity index is 285. The Morgan fingerprint density at radius 3 is 2.44 bits per heavy atom. The summed E-state index contributed by atoms with van der Waals surface area (Å²) < 4.78 is 5.67. The summed E-state index contributed by atoms with van der Waals surface area (Å²) in [6.07, 6.45) is 6.24. The van der Waals surface area contributed by atoms with Crippen molar-refractivity contribution in [3.8, 4) is 0 Å². The Kier molecular flexibility index (Phi) is 5.44. The summed E-state index contributed by atoms with van der Waals surface area (Å²) in [6, 6.07) is 0. The van der Waals surface area contributed by atoms with Gasteiger partial charge in [-0.25, -0.2) is 0 Å². The largest absolute Gasteiger partial charge is 0.373 e. The molecule has 1 atom stereocenters. The maximum Gasteiger partial charge on any atom is 0.227 e. The number of amides is 1. The van der Waals surface area contributed by atoms with Crippen LogP contribution in [0.2, 0.25) is 0 Å². The van der Waals surface area contributed by atoms with Crippen LogP contribution in [-0.2, 0) is 9.53 Å². The average molecular weight is 277 g/mol. The van der Waals surface area contributed by atoms with E-state index in [1.165, 1.54) is 0 Å². The van der Waals surface area contributed by atoms with Crippen LogP contribution in [0.25, 0.3) is 0 Å². The van der Waals surface area contributed by atoms with Gasteiger partial charge in [0.25, 0.3) is 0 Å². The number of halogens is 1. The summed E-state index contributed by atoms with van der Waals surface area (Å²) in [6.45, 7) is 3.97. The predicted molar refractivity (Wildman–Crippen MR) is 73.8 cm³/mol. The van der Waals surface area contributed by atoms with Crippen molar-refractivity contribution in [1.29, 1.82) is 0 Å². The zero-order valence-electron chi connectivity index (χ0n) is 11.2. The molecule has 0 radical (unpaired) electrons. The third kappa shape index (κ3) is 3.16. The molecule has 1 unspecified atom stereocenters. The SMILES string of the molecule is CC1(CNC(=O)C2(CN)CCCC2)CCCO1.Cl. The fourth-order valence-electron chi connectivity index (χ4n) is 3.01. The average Bonchev–Trinajstić information content (AvgIpc) is 2.96. The molecule has 0 aromatic carbocycles. The molecule has 1 aliphatic heterocycles. The Hall–Kier alpha value is -0.320. The lowest BCUT2D eigenvalue weighted by atomic mass is 9.85. The lowest BCUT2D eigenvalue weighted by Gasteiger charge is -2.29. The van der Waals surface area contributed by atoms with Gasteiger partial charge in [-0.1, -0.05) is 12.8 Å². The number of nitrogens with two attached hydrogens (primary N) is 1. The zero-order valence-corrected chi connectivity index (χ0v) is 12.0. The van der Waals surface area contributed by atoms with Crippen LogP contribution in [0.3, 0.4) is 0 Å². The first-order chi connectivity index (χ1) is 8.10. The van der Waals surface area contributed by atoms with Gasteiger partial charge in [0.05, 0.1) is 11.0 Å². The molecule has 3 N–H and O–H groups in total. The number of nitrogens with one attached hydrogen (secondary N) is 1. The van der Waals surface area contributed by atoms with Crippen LogP contribution >= 0.6 is 12.4 Å². The van der Waals surface area contributed by atoms with Gasteiger partial charge >= 0.3 is 0 Å². The molecule has 0 spiro atoms.